The second kappa shape index (κ2) is 11.1. The number of carbonyl (C=O) groups excluding carboxylic acids is 3. The van der Waals surface area contributed by atoms with Gasteiger partial charge in [0.25, 0.3) is 5.91 Å². The summed E-state index contributed by atoms with van der Waals surface area (Å²) in [6, 6.07) is 10.7. The molecule has 0 saturated carbocycles. The van der Waals surface area contributed by atoms with Crippen LogP contribution in [-0.4, -0.2) is 56.7 Å². The van der Waals surface area contributed by atoms with Crippen LogP contribution in [-0.2, 0) is 22.7 Å². The number of primary amides is 1. The number of nitrogens with one attached hydrogen (secondary N) is 1. The van der Waals surface area contributed by atoms with Crippen LogP contribution in [0.3, 0.4) is 0 Å². The van der Waals surface area contributed by atoms with Crippen LogP contribution >= 0.6 is 11.6 Å². The van der Waals surface area contributed by atoms with Crippen LogP contribution < -0.4 is 11.1 Å². The average molecular weight is 490 g/mol. The fourth-order valence-electron chi connectivity index (χ4n) is 3.61. The molecule has 0 saturated heterocycles. The summed E-state index contributed by atoms with van der Waals surface area (Å²) in [7, 11) is 0. The molecule has 11 heteroatoms. The molecular weight excluding hydrogens is 465 g/mol. The minimum absolute atomic E-state index is 0.0328. The number of nitrogens with zero attached hydrogens (tertiary/aromatic N) is 3. The van der Waals surface area contributed by atoms with Crippen molar-refractivity contribution in [3.05, 3.63) is 64.6 Å². The Morgan fingerprint density at radius 1 is 1.24 bits per heavy atom. The van der Waals surface area contributed by atoms with E-state index in [1.54, 1.807) is 37.3 Å². The third kappa shape index (κ3) is 5.52. The van der Waals surface area contributed by atoms with Gasteiger partial charge in [-0.05, 0) is 18.6 Å². The Bertz CT molecular complexity index is 1210. The molecule has 0 aliphatic heterocycles. The Morgan fingerprint density at radius 3 is 2.65 bits per heavy atom. The van der Waals surface area contributed by atoms with Crippen molar-refractivity contribution in [2.45, 2.75) is 32.5 Å². The van der Waals surface area contributed by atoms with Crippen LogP contribution in [0.15, 0.2) is 42.5 Å². The summed E-state index contributed by atoms with van der Waals surface area (Å²) in [5.74, 6) is -2.39. The van der Waals surface area contributed by atoms with Gasteiger partial charge in [0.05, 0.1) is 29.7 Å². The molecular formula is C23H25ClFN5O4. The van der Waals surface area contributed by atoms with Crippen molar-refractivity contribution in [3.8, 4) is 0 Å². The predicted molar refractivity (Wildman–Crippen MR) is 124 cm³/mol. The molecule has 3 amide bonds. The van der Waals surface area contributed by atoms with Crippen LogP contribution in [0.1, 0.15) is 29.4 Å². The molecule has 0 aliphatic carbocycles. The highest BCUT2D eigenvalue weighted by Crippen LogP contribution is 2.19. The molecule has 3 aromatic rings. The Morgan fingerprint density at radius 2 is 1.97 bits per heavy atom. The Labute approximate surface area is 200 Å². The van der Waals surface area contributed by atoms with Crippen molar-refractivity contribution >= 4 is 40.2 Å². The molecule has 1 heterocycles. The molecule has 2 aromatic carbocycles. The lowest BCUT2D eigenvalue weighted by atomic mass is 10.2. The van der Waals surface area contributed by atoms with Gasteiger partial charge < -0.3 is 21.1 Å². The van der Waals surface area contributed by atoms with Crippen LogP contribution in [0.2, 0.25) is 5.02 Å². The van der Waals surface area contributed by atoms with Crippen LogP contribution in [0.5, 0.6) is 0 Å². The first kappa shape index (κ1) is 25.1. The molecule has 3 rings (SSSR count). The first-order valence-electron chi connectivity index (χ1n) is 10.6. The standard InChI is InChI=1S/C23H25ClFN5O4/c1-2-15(13-31)29(11-19(32)27-10-14-6-5-8-17(24)21(14)25)20(33)12-30-18-9-4-3-7-16(18)22(28-30)23(26)34/h3-9,15,31H,2,10-13H2,1H3,(H2,26,34)(H,27,32). The summed E-state index contributed by atoms with van der Waals surface area (Å²) < 4.78 is 15.4. The highest BCUT2D eigenvalue weighted by molar-refractivity contribution is 6.30. The lowest BCUT2D eigenvalue weighted by Crippen LogP contribution is -2.48. The summed E-state index contributed by atoms with van der Waals surface area (Å²) in [4.78, 5) is 38.8. The predicted octanol–water partition coefficient (Wildman–Crippen LogP) is 1.84. The van der Waals surface area contributed by atoms with Gasteiger partial charge in [-0.25, -0.2) is 4.39 Å². The molecule has 9 nitrogen and oxygen atoms in total. The topological polar surface area (TPSA) is 131 Å². The SMILES string of the molecule is CCC(CO)N(CC(=O)NCc1cccc(Cl)c1F)C(=O)Cn1nc(C(N)=O)c2ccccc21. The van der Waals surface area contributed by atoms with E-state index >= 15 is 0 Å². The van der Waals surface area contributed by atoms with E-state index < -0.39 is 29.6 Å². The number of halogens is 2. The molecule has 1 atom stereocenters. The van der Waals surface area contributed by atoms with Crippen molar-refractivity contribution in [2.75, 3.05) is 13.2 Å². The number of para-hydroxylation sites is 1. The lowest BCUT2D eigenvalue weighted by Gasteiger charge is -2.29. The summed E-state index contributed by atoms with van der Waals surface area (Å²) in [6.45, 7) is 0.664. The van der Waals surface area contributed by atoms with Gasteiger partial charge in [-0.1, -0.05) is 48.9 Å². The number of fused-ring (bicyclic) bond motifs is 1. The van der Waals surface area contributed by atoms with Crippen LogP contribution in [0.4, 0.5) is 4.39 Å². The quantitative estimate of drug-likeness (QED) is 0.400. The smallest absolute Gasteiger partial charge is 0.269 e. The number of aliphatic hydroxyl groups is 1. The van der Waals surface area contributed by atoms with Gasteiger partial charge in [0.1, 0.15) is 12.4 Å². The monoisotopic (exact) mass is 489 g/mol. The van der Waals surface area contributed by atoms with Crippen LogP contribution in [0, 0.1) is 5.82 Å². The number of rotatable bonds is 10. The van der Waals surface area contributed by atoms with E-state index in [9.17, 15) is 23.9 Å². The van der Waals surface area contributed by atoms with E-state index in [-0.39, 0.29) is 42.5 Å². The molecule has 0 spiro atoms. The fraction of sp³-hybridized carbons (Fsp3) is 0.304. The normalized spacial score (nSPS) is 11.9. The molecule has 0 bridgehead atoms. The summed E-state index contributed by atoms with van der Waals surface area (Å²) in [5.41, 5.74) is 6.18. The first-order valence-corrected chi connectivity index (χ1v) is 11.0. The number of aliphatic hydroxyl groups excluding tert-OH is 1. The molecule has 0 aliphatic rings. The minimum Gasteiger partial charge on any atom is -0.394 e. The Balaban J connectivity index is 1.78. The molecule has 1 aromatic heterocycles. The number of benzene rings is 2. The third-order valence-electron chi connectivity index (χ3n) is 5.44. The number of nitrogens with two attached hydrogens (primary N) is 1. The number of hydrogen-bond acceptors (Lipinski definition) is 5. The zero-order chi connectivity index (χ0) is 24.8. The summed E-state index contributed by atoms with van der Waals surface area (Å²) in [6.07, 6.45) is 0.394. The molecule has 1 unspecified atom stereocenters. The van der Waals surface area contributed by atoms with E-state index in [4.69, 9.17) is 17.3 Å². The van der Waals surface area contributed by atoms with Gasteiger partial charge in [-0.2, -0.15) is 5.10 Å². The fourth-order valence-corrected chi connectivity index (χ4v) is 3.80. The number of hydrogen-bond donors (Lipinski definition) is 3. The van der Waals surface area contributed by atoms with Gasteiger partial charge in [-0.15, -0.1) is 0 Å². The van der Waals surface area contributed by atoms with E-state index in [2.05, 4.69) is 10.4 Å². The van der Waals surface area contributed by atoms with Crippen molar-refractivity contribution in [1.82, 2.24) is 20.0 Å². The maximum atomic E-state index is 14.1. The second-order valence-electron chi connectivity index (χ2n) is 7.64. The lowest BCUT2D eigenvalue weighted by molar-refractivity contribution is -0.140. The van der Waals surface area contributed by atoms with Gasteiger partial charge in [0, 0.05) is 17.5 Å². The zero-order valence-corrected chi connectivity index (χ0v) is 19.3. The van der Waals surface area contributed by atoms with Crippen molar-refractivity contribution in [1.29, 1.82) is 0 Å². The number of amides is 3. The maximum Gasteiger partial charge on any atom is 0.269 e. The first-order chi connectivity index (χ1) is 16.3. The van der Waals surface area contributed by atoms with Crippen molar-refractivity contribution in [2.24, 2.45) is 5.73 Å². The minimum atomic E-state index is -0.728. The third-order valence-corrected chi connectivity index (χ3v) is 5.73. The average Bonchev–Trinajstić information content (AvgIpc) is 3.19. The maximum absolute atomic E-state index is 14.1. The second-order valence-corrected chi connectivity index (χ2v) is 8.05. The number of carbonyl (C=O) groups is 3. The van der Waals surface area contributed by atoms with Crippen LogP contribution in [0.25, 0.3) is 10.9 Å². The van der Waals surface area contributed by atoms with Gasteiger partial charge in [0.2, 0.25) is 11.8 Å². The summed E-state index contributed by atoms with van der Waals surface area (Å²) >= 11 is 5.77. The Hall–Kier alpha value is -3.50. The number of aromatic nitrogens is 2. The van der Waals surface area contributed by atoms with E-state index in [0.29, 0.717) is 17.3 Å². The zero-order valence-electron chi connectivity index (χ0n) is 18.5. The highest BCUT2D eigenvalue weighted by Gasteiger charge is 2.26. The molecule has 0 radical (unpaired) electrons. The molecule has 34 heavy (non-hydrogen) atoms. The largest absolute Gasteiger partial charge is 0.394 e. The Kier molecular flexibility index (Phi) is 8.19. The summed E-state index contributed by atoms with van der Waals surface area (Å²) in [5, 5.41) is 17.0. The van der Waals surface area contributed by atoms with Crippen molar-refractivity contribution < 1.29 is 23.9 Å². The van der Waals surface area contributed by atoms with Gasteiger partial charge in [-0.3, -0.25) is 19.1 Å². The van der Waals surface area contributed by atoms with Gasteiger partial charge in [0.15, 0.2) is 5.69 Å². The molecule has 180 valence electrons. The molecule has 0 fully saturated rings. The van der Waals surface area contributed by atoms with E-state index in [1.165, 1.54) is 21.7 Å². The van der Waals surface area contributed by atoms with Gasteiger partial charge >= 0.3 is 0 Å². The van der Waals surface area contributed by atoms with Crippen molar-refractivity contribution in [3.63, 3.8) is 0 Å². The van der Waals surface area contributed by atoms with E-state index in [0.717, 1.165) is 0 Å². The highest BCUT2D eigenvalue weighted by atomic mass is 35.5. The molecule has 4 N–H and O–H groups in total. The van der Waals surface area contributed by atoms with E-state index in [1.807, 2.05) is 0 Å².